The zero-order valence-corrected chi connectivity index (χ0v) is 15.2. The van der Waals surface area contributed by atoms with E-state index in [1.807, 2.05) is 0 Å². The third-order valence-electron chi connectivity index (χ3n) is 3.96. The molecule has 142 valence electrons. The number of aromatic carboxylic acids is 1. The number of imide groups is 2. The number of halogens is 1. The van der Waals surface area contributed by atoms with E-state index in [1.54, 1.807) is 12.1 Å². The number of carbonyl (C=O) groups excluding carboxylic acids is 3. The van der Waals surface area contributed by atoms with Crippen LogP contribution < -0.4 is 15.0 Å². The zero-order chi connectivity index (χ0) is 20.4. The predicted octanol–water partition coefficient (Wildman–Crippen LogP) is 2.71. The van der Waals surface area contributed by atoms with Crippen LogP contribution >= 0.6 is 11.6 Å². The maximum Gasteiger partial charge on any atom is 0.335 e. The third kappa shape index (κ3) is 3.58. The first-order valence-corrected chi connectivity index (χ1v) is 8.28. The Balaban J connectivity index is 1.98. The van der Waals surface area contributed by atoms with E-state index in [1.165, 1.54) is 43.5 Å². The van der Waals surface area contributed by atoms with Gasteiger partial charge in [0, 0.05) is 0 Å². The minimum absolute atomic E-state index is 0.00617. The summed E-state index contributed by atoms with van der Waals surface area (Å²) in [6, 6.07) is 8.87. The molecule has 0 aliphatic carbocycles. The number of carbonyl (C=O) groups is 4. The largest absolute Gasteiger partial charge is 0.495 e. The Kier molecular flexibility index (Phi) is 5.14. The average Bonchev–Trinajstić information content (AvgIpc) is 2.65. The van der Waals surface area contributed by atoms with Gasteiger partial charge >= 0.3 is 12.0 Å². The maximum atomic E-state index is 12.8. The Morgan fingerprint density at radius 3 is 2.39 bits per heavy atom. The molecular weight excluding hydrogens is 388 g/mol. The standard InChI is InChI=1S/C19H13ClN2O6/c1-28-15-7-2-10(9-14(15)20)8-13-16(23)21-19(27)22(17(13)24)12-5-3-11(4-6-12)18(25)26/h2-9H,1H3,(H,25,26)(H,21,23,27)/b13-8+. The normalized spacial score (nSPS) is 15.6. The summed E-state index contributed by atoms with van der Waals surface area (Å²) in [5, 5.41) is 11.3. The molecule has 1 aliphatic rings. The molecule has 2 aromatic carbocycles. The lowest BCUT2D eigenvalue weighted by molar-refractivity contribution is -0.122. The van der Waals surface area contributed by atoms with Crippen molar-refractivity contribution in [2.45, 2.75) is 0 Å². The number of carboxylic acids is 1. The molecule has 1 heterocycles. The lowest BCUT2D eigenvalue weighted by Gasteiger charge is -2.26. The molecule has 0 atom stereocenters. The van der Waals surface area contributed by atoms with Crippen LogP contribution in [0.4, 0.5) is 10.5 Å². The molecule has 1 saturated heterocycles. The maximum absolute atomic E-state index is 12.8. The Hall–Kier alpha value is -3.65. The molecule has 0 saturated carbocycles. The van der Waals surface area contributed by atoms with Gasteiger partial charge in [-0.15, -0.1) is 0 Å². The Morgan fingerprint density at radius 2 is 1.82 bits per heavy atom. The van der Waals surface area contributed by atoms with Crippen LogP contribution in [0.2, 0.25) is 5.02 Å². The van der Waals surface area contributed by atoms with Crippen LogP contribution in [0.25, 0.3) is 6.08 Å². The van der Waals surface area contributed by atoms with Gasteiger partial charge in [-0.25, -0.2) is 14.5 Å². The number of nitrogens with one attached hydrogen (secondary N) is 1. The number of barbiturate groups is 1. The molecule has 0 unspecified atom stereocenters. The second-order valence-electron chi connectivity index (χ2n) is 5.70. The number of methoxy groups -OCH3 is 1. The van der Waals surface area contributed by atoms with Crippen molar-refractivity contribution in [3.63, 3.8) is 0 Å². The lowest BCUT2D eigenvalue weighted by Crippen LogP contribution is -2.54. The van der Waals surface area contributed by atoms with Gasteiger partial charge in [-0.3, -0.25) is 14.9 Å². The number of rotatable bonds is 4. The van der Waals surface area contributed by atoms with E-state index >= 15 is 0 Å². The van der Waals surface area contributed by atoms with E-state index in [0.717, 1.165) is 4.90 Å². The molecule has 2 N–H and O–H groups in total. The first-order chi connectivity index (χ1) is 13.3. The molecule has 9 heteroatoms. The summed E-state index contributed by atoms with van der Waals surface area (Å²) in [7, 11) is 1.45. The number of anilines is 1. The highest BCUT2D eigenvalue weighted by Crippen LogP contribution is 2.27. The van der Waals surface area contributed by atoms with Crippen molar-refractivity contribution in [2.75, 3.05) is 12.0 Å². The van der Waals surface area contributed by atoms with Crippen LogP contribution in [0.5, 0.6) is 5.75 Å². The van der Waals surface area contributed by atoms with Crippen molar-refractivity contribution < 1.29 is 29.0 Å². The molecule has 3 rings (SSSR count). The zero-order valence-electron chi connectivity index (χ0n) is 14.4. The van der Waals surface area contributed by atoms with Crippen LogP contribution in [-0.4, -0.2) is 36.0 Å². The van der Waals surface area contributed by atoms with Gasteiger partial charge < -0.3 is 9.84 Å². The van der Waals surface area contributed by atoms with Gasteiger partial charge in [0.25, 0.3) is 11.8 Å². The fraction of sp³-hybridized carbons (Fsp3) is 0.0526. The fourth-order valence-electron chi connectivity index (χ4n) is 2.58. The van der Waals surface area contributed by atoms with E-state index in [2.05, 4.69) is 5.32 Å². The number of urea groups is 1. The SMILES string of the molecule is COc1ccc(/C=C2\C(=O)NC(=O)N(c3ccc(C(=O)O)cc3)C2=O)cc1Cl. The molecule has 1 fully saturated rings. The first-order valence-electron chi connectivity index (χ1n) is 7.90. The number of hydrogen-bond donors (Lipinski definition) is 2. The summed E-state index contributed by atoms with van der Waals surface area (Å²) < 4.78 is 5.05. The van der Waals surface area contributed by atoms with Gasteiger partial charge in [0.15, 0.2) is 0 Å². The highest BCUT2D eigenvalue weighted by Gasteiger charge is 2.36. The molecule has 4 amide bonds. The molecule has 1 aliphatic heterocycles. The van der Waals surface area contributed by atoms with Gasteiger partial charge in [0.1, 0.15) is 11.3 Å². The van der Waals surface area contributed by atoms with Gasteiger partial charge in [-0.2, -0.15) is 0 Å². The first kappa shape index (κ1) is 19.1. The van der Waals surface area contributed by atoms with Gasteiger partial charge in [0.2, 0.25) is 0 Å². The lowest BCUT2D eigenvalue weighted by atomic mass is 10.1. The van der Waals surface area contributed by atoms with Crippen molar-refractivity contribution in [3.8, 4) is 5.75 Å². The molecule has 28 heavy (non-hydrogen) atoms. The molecule has 0 aromatic heterocycles. The van der Waals surface area contributed by atoms with E-state index in [-0.39, 0.29) is 21.8 Å². The monoisotopic (exact) mass is 400 g/mol. The molecule has 2 aromatic rings. The number of hydrogen-bond acceptors (Lipinski definition) is 5. The quantitative estimate of drug-likeness (QED) is 0.602. The molecular formula is C19H13ClN2O6. The van der Waals surface area contributed by atoms with Crippen LogP contribution in [0.1, 0.15) is 15.9 Å². The Bertz CT molecular complexity index is 1030. The Labute approximate surface area is 164 Å². The van der Waals surface area contributed by atoms with Crippen molar-refractivity contribution in [3.05, 3.63) is 64.2 Å². The number of nitrogens with zero attached hydrogens (tertiary/aromatic N) is 1. The summed E-state index contributed by atoms with van der Waals surface area (Å²) in [4.78, 5) is 48.8. The van der Waals surface area contributed by atoms with Crippen LogP contribution in [-0.2, 0) is 9.59 Å². The van der Waals surface area contributed by atoms with E-state index < -0.39 is 23.8 Å². The molecule has 0 spiro atoms. The molecule has 0 bridgehead atoms. The van der Waals surface area contributed by atoms with Crippen molar-refractivity contribution in [1.29, 1.82) is 0 Å². The molecule has 8 nitrogen and oxygen atoms in total. The number of amides is 4. The van der Waals surface area contributed by atoms with Crippen LogP contribution in [0.3, 0.4) is 0 Å². The number of carboxylic acid groups (broad SMARTS) is 1. The predicted molar refractivity (Wildman–Crippen MR) is 100 cm³/mol. The smallest absolute Gasteiger partial charge is 0.335 e. The van der Waals surface area contributed by atoms with Gasteiger partial charge in [0.05, 0.1) is 23.4 Å². The van der Waals surface area contributed by atoms with Crippen LogP contribution in [0, 0.1) is 0 Å². The fourth-order valence-corrected chi connectivity index (χ4v) is 2.85. The van der Waals surface area contributed by atoms with E-state index in [0.29, 0.717) is 11.3 Å². The van der Waals surface area contributed by atoms with Crippen LogP contribution in [0.15, 0.2) is 48.0 Å². The third-order valence-corrected chi connectivity index (χ3v) is 4.26. The number of ether oxygens (including phenoxy) is 1. The summed E-state index contributed by atoms with van der Waals surface area (Å²) in [6.07, 6.45) is 1.30. The average molecular weight is 401 g/mol. The highest BCUT2D eigenvalue weighted by molar-refractivity contribution is 6.39. The number of benzene rings is 2. The topological polar surface area (TPSA) is 113 Å². The second-order valence-corrected chi connectivity index (χ2v) is 6.11. The highest BCUT2D eigenvalue weighted by atomic mass is 35.5. The summed E-state index contributed by atoms with van der Waals surface area (Å²) in [5.74, 6) is -2.41. The van der Waals surface area contributed by atoms with Gasteiger partial charge in [-0.1, -0.05) is 17.7 Å². The molecule has 0 radical (unpaired) electrons. The Morgan fingerprint density at radius 1 is 1.14 bits per heavy atom. The summed E-state index contributed by atoms with van der Waals surface area (Å²) in [5.41, 5.74) is 0.301. The van der Waals surface area contributed by atoms with E-state index in [4.69, 9.17) is 21.4 Å². The van der Waals surface area contributed by atoms with Crippen molar-refractivity contribution in [2.24, 2.45) is 0 Å². The second kappa shape index (κ2) is 7.53. The van der Waals surface area contributed by atoms with Crippen molar-refractivity contribution >= 4 is 47.2 Å². The minimum atomic E-state index is -1.15. The van der Waals surface area contributed by atoms with E-state index in [9.17, 15) is 19.2 Å². The summed E-state index contributed by atoms with van der Waals surface area (Å²) in [6.45, 7) is 0. The van der Waals surface area contributed by atoms with Crippen molar-refractivity contribution in [1.82, 2.24) is 5.32 Å². The minimum Gasteiger partial charge on any atom is -0.495 e. The summed E-state index contributed by atoms with van der Waals surface area (Å²) >= 11 is 6.06. The van der Waals surface area contributed by atoms with Gasteiger partial charge in [-0.05, 0) is 48.0 Å².